The van der Waals surface area contributed by atoms with Crippen molar-refractivity contribution < 1.29 is 9.53 Å². The first-order valence-electron chi connectivity index (χ1n) is 9.28. The van der Waals surface area contributed by atoms with Crippen LogP contribution >= 0.6 is 0 Å². The number of hydrogen-bond donors (Lipinski definition) is 2. The second-order valence-corrected chi connectivity index (χ2v) is 6.60. The zero-order valence-electron chi connectivity index (χ0n) is 16.1. The Bertz CT molecular complexity index is 879. The minimum absolute atomic E-state index is 0.133. The molecule has 6 nitrogen and oxygen atoms in total. The molecule has 0 aliphatic carbocycles. The fraction of sp³-hybridized carbons (Fsp3) is 0.227. The normalized spacial score (nSPS) is 10.5. The molecule has 0 unspecified atom stereocenters. The van der Waals surface area contributed by atoms with Crippen LogP contribution in [-0.2, 0) is 6.42 Å². The predicted molar refractivity (Wildman–Crippen MR) is 110 cm³/mol. The summed E-state index contributed by atoms with van der Waals surface area (Å²) >= 11 is 0. The average molecular weight is 376 g/mol. The van der Waals surface area contributed by atoms with Crippen LogP contribution in [0.1, 0.15) is 29.8 Å². The minimum Gasteiger partial charge on any atom is -0.491 e. The number of anilines is 2. The van der Waals surface area contributed by atoms with Crippen LogP contribution in [0.5, 0.6) is 5.75 Å². The van der Waals surface area contributed by atoms with Crippen molar-refractivity contribution >= 4 is 17.5 Å². The molecule has 6 heteroatoms. The molecule has 2 N–H and O–H groups in total. The Morgan fingerprint density at radius 3 is 2.32 bits per heavy atom. The Labute approximate surface area is 165 Å². The molecule has 0 bridgehead atoms. The fourth-order valence-electron chi connectivity index (χ4n) is 2.60. The van der Waals surface area contributed by atoms with Crippen molar-refractivity contribution in [2.75, 3.05) is 11.9 Å². The van der Waals surface area contributed by atoms with Crippen molar-refractivity contribution in [1.82, 2.24) is 15.3 Å². The van der Waals surface area contributed by atoms with Crippen LogP contribution in [-0.4, -0.2) is 28.5 Å². The highest BCUT2D eigenvalue weighted by atomic mass is 16.5. The third-order valence-electron chi connectivity index (χ3n) is 3.94. The van der Waals surface area contributed by atoms with Crippen molar-refractivity contribution in [2.24, 2.45) is 0 Å². The molecular weight excluding hydrogens is 352 g/mol. The van der Waals surface area contributed by atoms with E-state index in [0.29, 0.717) is 18.1 Å². The Hall–Kier alpha value is -3.41. The second kappa shape index (κ2) is 9.50. The van der Waals surface area contributed by atoms with Crippen LogP contribution in [0.4, 0.5) is 11.6 Å². The molecule has 0 aliphatic rings. The molecule has 1 heterocycles. The van der Waals surface area contributed by atoms with E-state index in [9.17, 15) is 4.79 Å². The summed E-state index contributed by atoms with van der Waals surface area (Å²) in [5.74, 6) is 1.06. The smallest absolute Gasteiger partial charge is 0.254 e. The highest BCUT2D eigenvalue weighted by Gasteiger charge is 2.07. The quantitative estimate of drug-likeness (QED) is 0.622. The van der Waals surface area contributed by atoms with E-state index >= 15 is 0 Å². The number of carbonyl (C=O) groups excluding carboxylic acids is 1. The fourth-order valence-corrected chi connectivity index (χ4v) is 2.60. The number of carbonyl (C=O) groups is 1. The number of benzene rings is 2. The molecular formula is C22H24N4O2. The number of ether oxygens (including phenoxy) is 1. The first-order valence-corrected chi connectivity index (χ1v) is 9.28. The maximum Gasteiger partial charge on any atom is 0.254 e. The summed E-state index contributed by atoms with van der Waals surface area (Å²) in [5, 5.41) is 5.99. The van der Waals surface area contributed by atoms with Crippen LogP contribution in [0.3, 0.4) is 0 Å². The highest BCUT2D eigenvalue weighted by Crippen LogP contribution is 2.19. The third kappa shape index (κ3) is 5.81. The lowest BCUT2D eigenvalue weighted by molar-refractivity contribution is 0.0953. The summed E-state index contributed by atoms with van der Waals surface area (Å²) in [6, 6.07) is 17.6. The average Bonchev–Trinajstić information content (AvgIpc) is 2.70. The van der Waals surface area contributed by atoms with Gasteiger partial charge in [0, 0.05) is 24.6 Å². The van der Waals surface area contributed by atoms with Crippen LogP contribution in [0.15, 0.2) is 67.0 Å². The Balaban J connectivity index is 1.50. The van der Waals surface area contributed by atoms with Gasteiger partial charge < -0.3 is 15.4 Å². The molecule has 1 amide bonds. The molecule has 3 rings (SSSR count). The lowest BCUT2D eigenvalue weighted by Gasteiger charge is -2.10. The molecule has 0 spiro atoms. The number of nitrogens with zero attached hydrogens (tertiary/aromatic N) is 2. The van der Waals surface area contributed by atoms with Gasteiger partial charge in [-0.05, 0) is 50.1 Å². The molecule has 0 atom stereocenters. The van der Waals surface area contributed by atoms with Crippen molar-refractivity contribution in [3.8, 4) is 5.75 Å². The topological polar surface area (TPSA) is 76.1 Å². The van der Waals surface area contributed by atoms with Crippen LogP contribution in [0.2, 0.25) is 0 Å². The lowest BCUT2D eigenvalue weighted by atomic mass is 10.1. The van der Waals surface area contributed by atoms with Gasteiger partial charge in [0.2, 0.25) is 5.95 Å². The van der Waals surface area contributed by atoms with Crippen molar-refractivity contribution in [1.29, 1.82) is 0 Å². The number of rotatable bonds is 8. The van der Waals surface area contributed by atoms with Gasteiger partial charge in [0.25, 0.3) is 5.91 Å². The van der Waals surface area contributed by atoms with Crippen molar-refractivity contribution in [3.05, 3.63) is 78.1 Å². The molecule has 1 aromatic heterocycles. The van der Waals surface area contributed by atoms with E-state index in [1.54, 1.807) is 0 Å². The van der Waals surface area contributed by atoms with Gasteiger partial charge in [-0.3, -0.25) is 4.79 Å². The van der Waals surface area contributed by atoms with Crippen LogP contribution in [0, 0.1) is 0 Å². The van der Waals surface area contributed by atoms with E-state index in [2.05, 4.69) is 20.6 Å². The van der Waals surface area contributed by atoms with Gasteiger partial charge >= 0.3 is 0 Å². The summed E-state index contributed by atoms with van der Waals surface area (Å²) in [4.78, 5) is 20.6. The van der Waals surface area contributed by atoms with Gasteiger partial charge in [-0.15, -0.1) is 0 Å². The van der Waals surface area contributed by atoms with E-state index < -0.39 is 0 Å². The van der Waals surface area contributed by atoms with Gasteiger partial charge in [-0.2, -0.15) is 0 Å². The summed E-state index contributed by atoms with van der Waals surface area (Å²) in [6.45, 7) is 4.53. The number of hydrogen-bond acceptors (Lipinski definition) is 5. The van der Waals surface area contributed by atoms with Gasteiger partial charge in [0.1, 0.15) is 5.75 Å². The maximum atomic E-state index is 12.2. The Morgan fingerprint density at radius 2 is 1.68 bits per heavy atom. The zero-order valence-corrected chi connectivity index (χ0v) is 16.1. The third-order valence-corrected chi connectivity index (χ3v) is 3.94. The van der Waals surface area contributed by atoms with Gasteiger partial charge in [-0.25, -0.2) is 9.97 Å². The van der Waals surface area contributed by atoms with Crippen LogP contribution < -0.4 is 15.4 Å². The Kier molecular flexibility index (Phi) is 6.57. The first-order chi connectivity index (χ1) is 13.6. The lowest BCUT2D eigenvalue weighted by Crippen LogP contribution is -2.26. The molecule has 0 radical (unpaired) electrons. The van der Waals surface area contributed by atoms with Crippen LogP contribution in [0.25, 0.3) is 0 Å². The van der Waals surface area contributed by atoms with E-state index in [-0.39, 0.29) is 12.0 Å². The van der Waals surface area contributed by atoms with Gasteiger partial charge in [0.05, 0.1) is 11.7 Å². The summed E-state index contributed by atoms with van der Waals surface area (Å²) in [5.41, 5.74) is 2.46. The molecule has 3 aromatic rings. The largest absolute Gasteiger partial charge is 0.491 e. The van der Waals surface area contributed by atoms with Crippen molar-refractivity contribution in [2.45, 2.75) is 26.4 Å². The van der Waals surface area contributed by atoms with E-state index in [0.717, 1.165) is 17.9 Å². The van der Waals surface area contributed by atoms with Gasteiger partial charge in [0.15, 0.2) is 0 Å². The summed E-state index contributed by atoms with van der Waals surface area (Å²) in [7, 11) is 0. The molecule has 28 heavy (non-hydrogen) atoms. The molecule has 0 fully saturated rings. The number of aromatic nitrogens is 2. The minimum atomic E-state index is -0.183. The highest BCUT2D eigenvalue weighted by molar-refractivity contribution is 5.93. The predicted octanol–water partition coefficient (Wildman–Crippen LogP) is 3.98. The van der Waals surface area contributed by atoms with Gasteiger partial charge in [-0.1, -0.05) is 30.3 Å². The van der Waals surface area contributed by atoms with Crippen molar-refractivity contribution in [3.63, 3.8) is 0 Å². The monoisotopic (exact) mass is 376 g/mol. The molecule has 144 valence electrons. The number of nitrogens with one attached hydrogen (secondary N) is 2. The molecule has 0 saturated heterocycles. The molecule has 0 aliphatic heterocycles. The SMILES string of the molecule is CC(C)Oc1ccc(Nc2ncc(C(=O)NCCc3ccccc3)cn2)cc1. The molecule has 2 aromatic carbocycles. The van der Waals surface area contributed by atoms with E-state index in [1.807, 2.05) is 68.4 Å². The first kappa shape index (κ1) is 19.4. The Morgan fingerprint density at radius 1 is 1.00 bits per heavy atom. The number of amides is 1. The maximum absolute atomic E-state index is 12.2. The van der Waals surface area contributed by atoms with E-state index in [1.165, 1.54) is 18.0 Å². The second-order valence-electron chi connectivity index (χ2n) is 6.60. The summed E-state index contributed by atoms with van der Waals surface area (Å²) in [6.07, 6.45) is 3.95. The van der Waals surface area contributed by atoms with E-state index in [4.69, 9.17) is 4.74 Å². The standard InChI is InChI=1S/C22H24N4O2/c1-16(2)28-20-10-8-19(9-11-20)26-22-24-14-18(15-25-22)21(27)23-13-12-17-6-4-3-5-7-17/h3-11,14-16H,12-13H2,1-2H3,(H,23,27)(H,24,25,26). The summed E-state index contributed by atoms with van der Waals surface area (Å²) < 4.78 is 5.62. The zero-order chi connectivity index (χ0) is 19.8. The molecule has 0 saturated carbocycles.